The van der Waals surface area contributed by atoms with Gasteiger partial charge >= 0.3 is 18.1 Å². The Balaban J connectivity index is 0.000000501. The molecule has 2 aromatic carbocycles. The van der Waals surface area contributed by atoms with E-state index in [0.29, 0.717) is 22.3 Å². The molecule has 1 heterocycles. The van der Waals surface area contributed by atoms with Gasteiger partial charge in [0.15, 0.2) is 0 Å². The zero-order valence-electron chi connectivity index (χ0n) is 15.7. The highest BCUT2D eigenvalue weighted by molar-refractivity contribution is 6.30. The lowest BCUT2D eigenvalue weighted by Gasteiger charge is -2.18. The molecule has 0 aliphatic rings. The molecule has 0 radical (unpaired) electrons. The van der Waals surface area contributed by atoms with Gasteiger partial charge in [0.1, 0.15) is 11.9 Å². The second-order valence-electron chi connectivity index (χ2n) is 5.83. The molecule has 0 saturated heterocycles. The third-order valence-corrected chi connectivity index (χ3v) is 4.12. The Hall–Kier alpha value is -3.56. The average molecular weight is 467 g/mol. The first-order valence-corrected chi connectivity index (χ1v) is 9.31. The van der Waals surface area contributed by atoms with Gasteiger partial charge in [-0.25, -0.2) is 19.4 Å². The first kappa shape index (κ1) is 23.7. The molecule has 0 aliphatic heterocycles. The number of imidazole rings is 1. The Labute approximate surface area is 186 Å². The van der Waals surface area contributed by atoms with Crippen LogP contribution >= 0.6 is 23.2 Å². The number of carbonyl (C=O) groups excluding carboxylic acids is 1. The van der Waals surface area contributed by atoms with Crippen LogP contribution in [0.3, 0.4) is 0 Å². The Morgan fingerprint density at radius 3 is 1.97 bits per heavy atom. The van der Waals surface area contributed by atoms with E-state index < -0.39 is 24.2 Å². The van der Waals surface area contributed by atoms with Crippen molar-refractivity contribution in [2.45, 2.75) is 12.6 Å². The minimum atomic E-state index is -1.82. The van der Waals surface area contributed by atoms with E-state index in [1.807, 2.05) is 4.57 Å². The Kier molecular flexibility index (Phi) is 8.86. The number of carboxylic acids is 2. The van der Waals surface area contributed by atoms with E-state index in [4.69, 9.17) is 52.5 Å². The molecule has 0 spiro atoms. The van der Waals surface area contributed by atoms with Crippen molar-refractivity contribution in [3.8, 4) is 5.75 Å². The van der Waals surface area contributed by atoms with E-state index in [1.165, 1.54) is 0 Å². The van der Waals surface area contributed by atoms with E-state index in [-0.39, 0.29) is 0 Å². The van der Waals surface area contributed by atoms with Gasteiger partial charge in [-0.2, -0.15) is 0 Å². The van der Waals surface area contributed by atoms with Crippen LogP contribution in [-0.4, -0.2) is 37.9 Å². The molecule has 3 rings (SSSR count). The van der Waals surface area contributed by atoms with Gasteiger partial charge in [0.2, 0.25) is 0 Å². The fourth-order valence-corrected chi connectivity index (χ4v) is 2.47. The van der Waals surface area contributed by atoms with Gasteiger partial charge in [0.25, 0.3) is 0 Å². The predicted octanol–water partition coefficient (Wildman–Crippen LogP) is 4.30. The summed E-state index contributed by atoms with van der Waals surface area (Å²) in [5, 5.41) is 15.9. The lowest BCUT2D eigenvalue weighted by molar-refractivity contribution is -0.159. The lowest BCUT2D eigenvalue weighted by Crippen LogP contribution is -2.19. The number of halogens is 2. The molecule has 0 saturated carbocycles. The van der Waals surface area contributed by atoms with E-state index in [2.05, 4.69) is 4.98 Å². The maximum Gasteiger partial charge on any atom is 0.514 e. The summed E-state index contributed by atoms with van der Waals surface area (Å²) in [6.45, 7) is 0.400. The summed E-state index contributed by atoms with van der Waals surface area (Å²) in [4.78, 5) is 34.3. The van der Waals surface area contributed by atoms with E-state index in [0.717, 1.165) is 5.56 Å². The third-order valence-electron chi connectivity index (χ3n) is 3.61. The van der Waals surface area contributed by atoms with E-state index in [9.17, 15) is 4.79 Å². The summed E-state index contributed by atoms with van der Waals surface area (Å²) in [5.74, 6) is -3.29. The molecule has 0 bridgehead atoms. The van der Waals surface area contributed by atoms with Gasteiger partial charge in [0, 0.05) is 22.4 Å². The number of ether oxygens (including phenoxy) is 2. The fraction of sp³-hybridized carbons (Fsp3) is 0.100. The molecule has 1 atom stereocenters. The summed E-state index contributed by atoms with van der Waals surface area (Å²) in [6, 6.07) is 13.5. The molecular formula is C20H16Cl2N2O7. The molecule has 1 aromatic heterocycles. The number of hydrogen-bond acceptors (Lipinski definition) is 6. The summed E-state index contributed by atoms with van der Waals surface area (Å²) in [7, 11) is 0. The van der Waals surface area contributed by atoms with Crippen molar-refractivity contribution in [2.24, 2.45) is 0 Å². The number of carboxylic acid groups (broad SMARTS) is 2. The Morgan fingerprint density at radius 1 is 0.935 bits per heavy atom. The number of nitrogens with zero attached hydrogens (tertiary/aromatic N) is 2. The summed E-state index contributed by atoms with van der Waals surface area (Å²) >= 11 is 11.7. The lowest BCUT2D eigenvalue weighted by atomic mass is 10.1. The number of hydrogen-bond donors (Lipinski definition) is 2. The Morgan fingerprint density at radius 2 is 1.48 bits per heavy atom. The highest BCUT2D eigenvalue weighted by Gasteiger charge is 2.19. The average Bonchev–Trinajstić information content (AvgIpc) is 3.23. The molecule has 0 amide bonds. The number of aromatic nitrogens is 2. The van der Waals surface area contributed by atoms with Crippen molar-refractivity contribution in [3.63, 3.8) is 0 Å². The smallest absolute Gasteiger partial charge is 0.473 e. The molecule has 0 aliphatic carbocycles. The minimum Gasteiger partial charge on any atom is -0.473 e. The van der Waals surface area contributed by atoms with Crippen LogP contribution in [0.5, 0.6) is 5.75 Å². The maximum atomic E-state index is 12.1. The number of aliphatic carboxylic acids is 2. The van der Waals surface area contributed by atoms with Crippen LogP contribution in [0.25, 0.3) is 0 Å². The highest BCUT2D eigenvalue weighted by Crippen LogP contribution is 2.23. The topological polar surface area (TPSA) is 128 Å². The maximum absolute atomic E-state index is 12.1. The molecule has 2 N–H and O–H groups in total. The summed E-state index contributed by atoms with van der Waals surface area (Å²) in [6.07, 6.45) is 3.74. The van der Waals surface area contributed by atoms with Gasteiger partial charge in [-0.1, -0.05) is 35.3 Å². The number of carbonyl (C=O) groups is 3. The van der Waals surface area contributed by atoms with Gasteiger partial charge in [-0.15, -0.1) is 0 Å². The first-order chi connectivity index (χ1) is 14.7. The van der Waals surface area contributed by atoms with E-state index >= 15 is 0 Å². The van der Waals surface area contributed by atoms with Gasteiger partial charge in [-0.05, 0) is 42.0 Å². The quantitative estimate of drug-likeness (QED) is 0.323. The molecule has 162 valence electrons. The van der Waals surface area contributed by atoms with Crippen molar-refractivity contribution in [1.29, 1.82) is 0 Å². The molecule has 9 nitrogen and oxygen atoms in total. The van der Waals surface area contributed by atoms with Crippen molar-refractivity contribution in [1.82, 2.24) is 9.55 Å². The molecule has 11 heteroatoms. The standard InChI is InChI=1S/C18H14Cl2N2O3.C2H2O4/c19-14-3-1-13(2-4-14)17(11-22-10-9-21-12-22)25-18(23)24-16-7-5-15(20)6-8-16;3-1(4)2(5)6/h1-10,12,17H,11H2;(H,3,4)(H,5,6). The fourth-order valence-electron chi connectivity index (χ4n) is 2.21. The second-order valence-corrected chi connectivity index (χ2v) is 6.71. The minimum absolute atomic E-state index is 0.354. The summed E-state index contributed by atoms with van der Waals surface area (Å²) < 4.78 is 12.5. The van der Waals surface area contributed by atoms with Crippen LogP contribution in [0.4, 0.5) is 4.79 Å². The van der Waals surface area contributed by atoms with Crippen LogP contribution < -0.4 is 4.74 Å². The van der Waals surface area contributed by atoms with Gasteiger partial charge < -0.3 is 24.3 Å². The van der Waals surface area contributed by atoms with Crippen LogP contribution in [0.15, 0.2) is 67.3 Å². The second kappa shape index (κ2) is 11.6. The summed E-state index contributed by atoms with van der Waals surface area (Å²) in [5.41, 5.74) is 0.797. The van der Waals surface area contributed by atoms with E-state index in [1.54, 1.807) is 67.3 Å². The predicted molar refractivity (Wildman–Crippen MR) is 110 cm³/mol. The zero-order chi connectivity index (χ0) is 22.8. The monoisotopic (exact) mass is 466 g/mol. The number of rotatable bonds is 5. The molecular weight excluding hydrogens is 451 g/mol. The normalized spacial score (nSPS) is 10.9. The SMILES string of the molecule is O=C(O)C(=O)O.O=C(Oc1ccc(Cl)cc1)OC(Cn1ccnc1)c1ccc(Cl)cc1. The third kappa shape index (κ3) is 8.37. The molecule has 31 heavy (non-hydrogen) atoms. The Bertz CT molecular complexity index is 995. The largest absolute Gasteiger partial charge is 0.514 e. The van der Waals surface area contributed by atoms with Gasteiger partial charge in [-0.3, -0.25) is 0 Å². The van der Waals surface area contributed by atoms with Crippen molar-refractivity contribution < 1.29 is 34.1 Å². The zero-order valence-corrected chi connectivity index (χ0v) is 17.2. The molecule has 0 fully saturated rings. The van der Waals surface area contributed by atoms with Crippen LogP contribution in [0.1, 0.15) is 11.7 Å². The molecule has 1 unspecified atom stereocenters. The van der Waals surface area contributed by atoms with Crippen LogP contribution in [0.2, 0.25) is 10.0 Å². The van der Waals surface area contributed by atoms with Gasteiger partial charge in [0.05, 0.1) is 12.9 Å². The van der Waals surface area contributed by atoms with Crippen molar-refractivity contribution >= 4 is 41.3 Å². The van der Waals surface area contributed by atoms with Crippen molar-refractivity contribution in [2.75, 3.05) is 0 Å². The van der Waals surface area contributed by atoms with Crippen LogP contribution in [0, 0.1) is 0 Å². The highest BCUT2D eigenvalue weighted by atomic mass is 35.5. The van der Waals surface area contributed by atoms with Crippen molar-refractivity contribution in [3.05, 3.63) is 82.9 Å². The number of benzene rings is 2. The first-order valence-electron chi connectivity index (χ1n) is 8.56. The van der Waals surface area contributed by atoms with Crippen LogP contribution in [-0.2, 0) is 20.9 Å². The molecule has 3 aromatic rings.